The minimum Gasteiger partial charge on any atom is -0.390 e. The fraction of sp³-hybridized carbons (Fsp3) is 1.00. The summed E-state index contributed by atoms with van der Waals surface area (Å²) in [4.78, 5) is 0. The molecule has 0 saturated carbocycles. The molecule has 1 saturated heterocycles. The average molecular weight is 162 g/mol. The summed E-state index contributed by atoms with van der Waals surface area (Å²) in [6.45, 7) is 0.899. The maximum absolute atomic E-state index is 9.20. The van der Waals surface area contributed by atoms with Crippen LogP contribution < -0.4 is 0 Å². The maximum Gasteiger partial charge on any atom is 0.106 e. The first kappa shape index (κ1) is 8.93. The predicted octanol–water partition coefficient (Wildman–Crippen LogP) is -1.12. The van der Waals surface area contributed by atoms with Crippen LogP contribution in [0.2, 0.25) is 0 Å². The number of aliphatic hydroxyl groups is 3. The highest BCUT2D eigenvalue weighted by atomic mass is 16.5. The molecular weight excluding hydrogens is 148 g/mol. The zero-order valence-electron chi connectivity index (χ0n) is 6.31. The van der Waals surface area contributed by atoms with Gasteiger partial charge in [0.15, 0.2) is 0 Å². The molecule has 0 spiro atoms. The van der Waals surface area contributed by atoms with Crippen molar-refractivity contribution in [1.29, 1.82) is 0 Å². The van der Waals surface area contributed by atoms with Gasteiger partial charge in [0.25, 0.3) is 0 Å². The molecule has 0 bridgehead atoms. The quantitative estimate of drug-likeness (QED) is 0.422. The Bertz CT molecular complexity index is 105. The molecule has 1 rings (SSSR count). The van der Waals surface area contributed by atoms with E-state index in [9.17, 15) is 5.11 Å². The molecule has 0 aromatic carbocycles. The van der Waals surface area contributed by atoms with Gasteiger partial charge in [-0.25, -0.2) is 0 Å². The fourth-order valence-corrected chi connectivity index (χ4v) is 1.11. The third-order valence-electron chi connectivity index (χ3n) is 1.90. The molecule has 1 aliphatic heterocycles. The molecule has 1 heterocycles. The lowest BCUT2D eigenvalue weighted by atomic mass is 10.0. The smallest absolute Gasteiger partial charge is 0.106 e. The second-order valence-electron chi connectivity index (χ2n) is 2.82. The van der Waals surface area contributed by atoms with Gasteiger partial charge < -0.3 is 20.1 Å². The molecule has 4 nitrogen and oxygen atoms in total. The number of hydrogen-bond donors (Lipinski definition) is 3. The third kappa shape index (κ3) is 2.41. The van der Waals surface area contributed by atoms with Crippen LogP contribution in [0.4, 0.5) is 0 Å². The monoisotopic (exact) mass is 162 g/mol. The standard InChI is InChI=1S/C7H14O4/c8-5-1-3-11-4-2-6(9)7(5)10/h5-10H,1-4H2. The molecule has 0 aromatic heterocycles. The molecule has 2 unspecified atom stereocenters. The Kier molecular flexibility index (Phi) is 3.26. The molecule has 1 aliphatic rings. The van der Waals surface area contributed by atoms with Gasteiger partial charge in [-0.1, -0.05) is 0 Å². The molecule has 1 fully saturated rings. The lowest BCUT2D eigenvalue weighted by molar-refractivity contribution is -0.0921. The zero-order valence-corrected chi connectivity index (χ0v) is 6.31. The first-order valence-electron chi connectivity index (χ1n) is 3.84. The SMILES string of the molecule is OC1CCOCCC(O)C1O. The van der Waals surface area contributed by atoms with E-state index in [1.807, 2.05) is 0 Å². The van der Waals surface area contributed by atoms with E-state index in [-0.39, 0.29) is 0 Å². The first-order valence-corrected chi connectivity index (χ1v) is 3.84. The Hall–Kier alpha value is -0.160. The van der Waals surface area contributed by atoms with Gasteiger partial charge in [-0.05, 0) is 12.8 Å². The van der Waals surface area contributed by atoms with Gasteiger partial charge >= 0.3 is 0 Å². The summed E-state index contributed by atoms with van der Waals surface area (Å²) < 4.78 is 5.03. The van der Waals surface area contributed by atoms with Crippen LogP contribution in [-0.2, 0) is 4.74 Å². The molecule has 0 radical (unpaired) electrons. The predicted molar refractivity (Wildman–Crippen MR) is 38.1 cm³/mol. The molecule has 66 valence electrons. The van der Waals surface area contributed by atoms with Crippen molar-refractivity contribution in [3.63, 3.8) is 0 Å². The van der Waals surface area contributed by atoms with Gasteiger partial charge in [-0.3, -0.25) is 0 Å². The van der Waals surface area contributed by atoms with Crippen LogP contribution in [0.15, 0.2) is 0 Å². The van der Waals surface area contributed by atoms with Gasteiger partial charge in [0, 0.05) is 13.2 Å². The van der Waals surface area contributed by atoms with Crippen molar-refractivity contribution in [1.82, 2.24) is 0 Å². The van der Waals surface area contributed by atoms with E-state index in [0.29, 0.717) is 26.1 Å². The fourth-order valence-electron chi connectivity index (χ4n) is 1.11. The third-order valence-corrected chi connectivity index (χ3v) is 1.90. The van der Waals surface area contributed by atoms with Gasteiger partial charge in [0.2, 0.25) is 0 Å². The highest BCUT2D eigenvalue weighted by Crippen LogP contribution is 2.10. The van der Waals surface area contributed by atoms with Crippen LogP contribution in [0.3, 0.4) is 0 Å². The largest absolute Gasteiger partial charge is 0.390 e. The van der Waals surface area contributed by atoms with Gasteiger partial charge in [-0.2, -0.15) is 0 Å². The zero-order chi connectivity index (χ0) is 8.27. The first-order chi connectivity index (χ1) is 5.22. The van der Waals surface area contributed by atoms with Gasteiger partial charge in [0.1, 0.15) is 6.10 Å². The highest BCUT2D eigenvalue weighted by Gasteiger charge is 2.25. The molecule has 0 amide bonds. The lowest BCUT2D eigenvalue weighted by Gasteiger charge is -2.25. The van der Waals surface area contributed by atoms with Crippen molar-refractivity contribution in [3.8, 4) is 0 Å². The van der Waals surface area contributed by atoms with E-state index in [1.54, 1.807) is 0 Å². The second-order valence-corrected chi connectivity index (χ2v) is 2.82. The Morgan fingerprint density at radius 3 is 1.82 bits per heavy atom. The van der Waals surface area contributed by atoms with Crippen molar-refractivity contribution < 1.29 is 20.1 Å². The summed E-state index contributed by atoms with van der Waals surface area (Å²) >= 11 is 0. The summed E-state index contributed by atoms with van der Waals surface area (Å²) in [6, 6.07) is 0. The van der Waals surface area contributed by atoms with Crippen molar-refractivity contribution in [2.24, 2.45) is 0 Å². The van der Waals surface area contributed by atoms with Crippen molar-refractivity contribution >= 4 is 0 Å². The van der Waals surface area contributed by atoms with E-state index < -0.39 is 18.3 Å². The molecule has 3 N–H and O–H groups in total. The van der Waals surface area contributed by atoms with E-state index >= 15 is 0 Å². The minimum absolute atomic E-state index is 0.387. The molecular formula is C7H14O4. The Morgan fingerprint density at radius 1 is 0.909 bits per heavy atom. The van der Waals surface area contributed by atoms with E-state index in [1.165, 1.54) is 0 Å². The van der Waals surface area contributed by atoms with Crippen LogP contribution >= 0.6 is 0 Å². The van der Waals surface area contributed by atoms with E-state index in [2.05, 4.69) is 0 Å². The van der Waals surface area contributed by atoms with Crippen molar-refractivity contribution in [2.45, 2.75) is 31.2 Å². The van der Waals surface area contributed by atoms with Crippen LogP contribution in [0.5, 0.6) is 0 Å². The second kappa shape index (κ2) is 4.01. The molecule has 0 aromatic rings. The number of ether oxygens (including phenoxy) is 1. The van der Waals surface area contributed by atoms with Crippen molar-refractivity contribution in [3.05, 3.63) is 0 Å². The highest BCUT2D eigenvalue weighted by molar-refractivity contribution is 4.76. The maximum atomic E-state index is 9.20. The number of aliphatic hydroxyl groups excluding tert-OH is 3. The number of hydrogen-bond acceptors (Lipinski definition) is 4. The average Bonchev–Trinajstić information content (AvgIpc) is 2.00. The molecule has 4 heteroatoms. The van der Waals surface area contributed by atoms with Crippen LogP contribution in [-0.4, -0.2) is 46.8 Å². The van der Waals surface area contributed by atoms with Crippen LogP contribution in [0.25, 0.3) is 0 Å². The Labute approximate surface area is 65.4 Å². The summed E-state index contributed by atoms with van der Waals surface area (Å²) in [5, 5.41) is 27.5. The normalized spacial score (nSPS) is 41.2. The van der Waals surface area contributed by atoms with Crippen LogP contribution in [0, 0.1) is 0 Å². The minimum atomic E-state index is -1.01. The van der Waals surface area contributed by atoms with Gasteiger partial charge in [-0.15, -0.1) is 0 Å². The summed E-state index contributed by atoms with van der Waals surface area (Å²) in [5.41, 5.74) is 0. The molecule has 2 atom stereocenters. The lowest BCUT2D eigenvalue weighted by Crippen LogP contribution is -2.40. The Balaban J connectivity index is 2.42. The Morgan fingerprint density at radius 2 is 1.36 bits per heavy atom. The summed E-state index contributed by atoms with van der Waals surface area (Å²) in [7, 11) is 0. The summed E-state index contributed by atoms with van der Waals surface area (Å²) in [5.74, 6) is 0. The van der Waals surface area contributed by atoms with Crippen LogP contribution in [0.1, 0.15) is 12.8 Å². The van der Waals surface area contributed by atoms with Crippen molar-refractivity contribution in [2.75, 3.05) is 13.2 Å². The van der Waals surface area contributed by atoms with Gasteiger partial charge in [0.05, 0.1) is 12.2 Å². The molecule has 11 heavy (non-hydrogen) atoms. The number of rotatable bonds is 0. The van der Waals surface area contributed by atoms with E-state index in [0.717, 1.165) is 0 Å². The van der Waals surface area contributed by atoms with E-state index in [4.69, 9.17) is 14.9 Å². The topological polar surface area (TPSA) is 69.9 Å². The summed E-state index contributed by atoms with van der Waals surface area (Å²) in [6.07, 6.45) is -1.95. The molecule has 0 aliphatic carbocycles.